The van der Waals surface area contributed by atoms with Crippen molar-refractivity contribution in [3.8, 4) is 0 Å². The van der Waals surface area contributed by atoms with Gasteiger partial charge in [-0.1, -0.05) is 0 Å². The average molecular weight is 196 g/mol. The molecule has 0 aliphatic rings. The highest BCUT2D eigenvalue weighted by Gasteiger charge is 2.16. The molecule has 0 unspecified atom stereocenters. The molecule has 0 radical (unpaired) electrons. The van der Waals surface area contributed by atoms with Gasteiger partial charge in [-0.2, -0.15) is 0 Å². The summed E-state index contributed by atoms with van der Waals surface area (Å²) in [4.78, 5) is 0. The van der Waals surface area contributed by atoms with Crippen LogP contribution in [0.4, 0.5) is 0 Å². The predicted octanol–water partition coefficient (Wildman–Crippen LogP) is -0.818. The molecule has 0 heterocycles. The Morgan fingerprint density at radius 3 is 1.00 bits per heavy atom. The topological polar surface area (TPSA) is 23.9 Å². The molecular formula is C8H21FN2S. The van der Waals surface area contributed by atoms with E-state index in [1.54, 1.807) is 0 Å². The van der Waals surface area contributed by atoms with Gasteiger partial charge in [0, 0.05) is 12.4 Å². The summed E-state index contributed by atoms with van der Waals surface area (Å²) in [6.07, 6.45) is 0. The maximum Gasteiger partial charge on any atom is 0.0757 e. The van der Waals surface area contributed by atoms with E-state index in [2.05, 4.69) is 40.1 Å². The van der Waals surface area contributed by atoms with Gasteiger partial charge in [-0.05, 0) is 27.7 Å². The van der Waals surface area contributed by atoms with Gasteiger partial charge in [-0.15, -0.1) is 0 Å². The number of rotatable bonds is 4. The Kier molecular flexibility index (Phi) is 16.2. The lowest BCUT2D eigenvalue weighted by Gasteiger charge is -2.34. The average Bonchev–Trinajstić information content (AvgIpc) is 2.13. The van der Waals surface area contributed by atoms with Crippen molar-refractivity contribution in [2.45, 2.75) is 27.7 Å². The second-order valence-electron chi connectivity index (χ2n) is 2.61. The number of hydrogen-bond donors (Lipinski definition) is 1. The van der Waals surface area contributed by atoms with E-state index in [-0.39, 0.29) is 4.70 Å². The van der Waals surface area contributed by atoms with Crippen molar-refractivity contribution in [1.82, 2.24) is 0 Å². The Labute approximate surface area is 80.9 Å². The van der Waals surface area contributed by atoms with Crippen LogP contribution in [-0.2, 0) is 12.4 Å². The van der Waals surface area contributed by atoms with E-state index in [1.165, 1.54) is 30.7 Å². The lowest BCUT2D eigenvalue weighted by Crippen LogP contribution is -3.00. The fourth-order valence-electron chi connectivity index (χ4n) is 1.34. The van der Waals surface area contributed by atoms with E-state index in [9.17, 15) is 0 Å². The van der Waals surface area contributed by atoms with E-state index in [0.29, 0.717) is 0 Å². The molecule has 0 saturated heterocycles. The van der Waals surface area contributed by atoms with Crippen LogP contribution in [0.25, 0.3) is 0 Å². The number of halogens is 1. The third-order valence-corrected chi connectivity index (χ3v) is 2.68. The molecule has 2 nitrogen and oxygen atoms in total. The minimum Gasteiger partial charge on any atom is -1.00 e. The van der Waals surface area contributed by atoms with Crippen LogP contribution in [-0.4, -0.2) is 30.7 Å². The quantitative estimate of drug-likeness (QED) is 0.584. The van der Waals surface area contributed by atoms with Crippen molar-refractivity contribution >= 4 is 12.4 Å². The monoisotopic (exact) mass is 196 g/mol. The Hall–Kier alpha value is -0.0900. The van der Waals surface area contributed by atoms with E-state index in [0.717, 1.165) is 0 Å². The Morgan fingerprint density at radius 1 is 0.833 bits per heavy atom. The molecule has 0 rings (SSSR count). The van der Waals surface area contributed by atoms with Gasteiger partial charge in [0.05, 0.1) is 26.2 Å². The first-order valence-corrected chi connectivity index (χ1v) is 4.71. The summed E-state index contributed by atoms with van der Waals surface area (Å²) in [6.45, 7) is 14.2. The van der Waals surface area contributed by atoms with Gasteiger partial charge in [0.15, 0.2) is 0 Å². The predicted molar refractivity (Wildman–Crippen MR) is 52.5 cm³/mol. The normalized spacial score (nSPS) is 9.33. The number of quaternary nitrogens is 1. The smallest absolute Gasteiger partial charge is 0.0757 e. The SMILES string of the molecule is CC[N+](CC)(CC)CC.N=S.[F-]. The summed E-state index contributed by atoms with van der Waals surface area (Å²) in [5.41, 5.74) is 0. The number of nitrogens with one attached hydrogen (secondary N) is 1. The van der Waals surface area contributed by atoms with Crippen LogP contribution in [0.1, 0.15) is 27.7 Å². The fraction of sp³-hybridized carbons (Fsp3) is 1.00. The molecule has 0 saturated carbocycles. The zero-order chi connectivity index (χ0) is 9.33. The van der Waals surface area contributed by atoms with Crippen LogP contribution in [0, 0.1) is 4.78 Å². The molecule has 76 valence electrons. The van der Waals surface area contributed by atoms with Crippen LogP contribution in [0.3, 0.4) is 0 Å². The molecule has 0 aliphatic heterocycles. The molecule has 1 N–H and O–H groups in total. The first kappa shape index (κ1) is 17.9. The van der Waals surface area contributed by atoms with Crippen LogP contribution >= 0.6 is 0 Å². The summed E-state index contributed by atoms with van der Waals surface area (Å²) < 4.78 is 6.61. The molecule has 0 spiro atoms. The van der Waals surface area contributed by atoms with Crippen LogP contribution in [0.5, 0.6) is 0 Å². The van der Waals surface area contributed by atoms with Gasteiger partial charge < -0.3 is 9.19 Å². The largest absolute Gasteiger partial charge is 1.00 e. The molecule has 0 bridgehead atoms. The van der Waals surface area contributed by atoms with E-state index in [1.807, 2.05) is 0 Å². The van der Waals surface area contributed by atoms with Gasteiger partial charge in [-0.25, -0.2) is 4.78 Å². The van der Waals surface area contributed by atoms with E-state index >= 15 is 0 Å². The first-order chi connectivity index (χ1) is 5.24. The third kappa shape index (κ3) is 5.55. The molecular weight excluding hydrogens is 175 g/mol. The van der Waals surface area contributed by atoms with Gasteiger partial charge in [0.25, 0.3) is 0 Å². The summed E-state index contributed by atoms with van der Waals surface area (Å²) >= 11 is 3.33. The van der Waals surface area contributed by atoms with Crippen molar-refractivity contribution in [2.75, 3.05) is 26.2 Å². The van der Waals surface area contributed by atoms with Gasteiger partial charge in [0.2, 0.25) is 0 Å². The van der Waals surface area contributed by atoms with Crippen LogP contribution in [0.2, 0.25) is 0 Å². The lowest BCUT2D eigenvalue weighted by molar-refractivity contribution is -0.921. The van der Waals surface area contributed by atoms with Crippen LogP contribution in [0.15, 0.2) is 0 Å². The van der Waals surface area contributed by atoms with Gasteiger partial charge in [-0.3, -0.25) is 0 Å². The molecule has 0 fully saturated rings. The second-order valence-corrected chi connectivity index (χ2v) is 2.61. The summed E-state index contributed by atoms with van der Waals surface area (Å²) in [5, 5.41) is 0. The maximum absolute atomic E-state index is 5.33. The Morgan fingerprint density at radius 2 is 1.00 bits per heavy atom. The van der Waals surface area contributed by atoms with E-state index in [4.69, 9.17) is 4.78 Å². The standard InChI is InChI=1S/C8H20N.FH.HNS/c1-5-9(6-2,7-3)8-4;;1-2/h5-8H2,1-4H3;1H;1H/q+1;;/p-1. The highest BCUT2D eigenvalue weighted by Crippen LogP contribution is 2.03. The first-order valence-electron chi connectivity index (χ1n) is 4.30. The minimum absolute atomic E-state index is 0. The number of hydrogen-bond acceptors (Lipinski definition) is 2. The van der Waals surface area contributed by atoms with Gasteiger partial charge >= 0.3 is 0 Å². The van der Waals surface area contributed by atoms with E-state index < -0.39 is 0 Å². The Balaban J connectivity index is -0.000000249. The highest BCUT2D eigenvalue weighted by atomic mass is 32.1. The molecule has 0 aromatic rings. The van der Waals surface area contributed by atoms with Crippen molar-refractivity contribution in [3.05, 3.63) is 0 Å². The zero-order valence-corrected chi connectivity index (χ0v) is 9.38. The molecule has 4 heteroatoms. The van der Waals surface area contributed by atoms with Crippen molar-refractivity contribution < 1.29 is 9.19 Å². The summed E-state index contributed by atoms with van der Waals surface area (Å²) in [6, 6.07) is 0. The summed E-state index contributed by atoms with van der Waals surface area (Å²) in [7, 11) is 0. The molecule has 0 aliphatic carbocycles. The molecule has 12 heavy (non-hydrogen) atoms. The van der Waals surface area contributed by atoms with Gasteiger partial charge in [0.1, 0.15) is 0 Å². The molecule has 0 amide bonds. The molecule has 0 atom stereocenters. The summed E-state index contributed by atoms with van der Waals surface area (Å²) in [5.74, 6) is 0. The highest BCUT2D eigenvalue weighted by molar-refractivity contribution is 7.45. The van der Waals surface area contributed by atoms with Crippen molar-refractivity contribution in [1.29, 1.82) is 4.78 Å². The molecule has 0 aromatic heterocycles. The van der Waals surface area contributed by atoms with Crippen molar-refractivity contribution in [3.63, 3.8) is 0 Å². The lowest BCUT2D eigenvalue weighted by atomic mass is 10.3. The minimum atomic E-state index is 0. The molecule has 0 aromatic carbocycles. The Bertz CT molecular complexity index is 69.6. The number of nitrogens with zero attached hydrogens (tertiary/aromatic N) is 1. The zero-order valence-electron chi connectivity index (χ0n) is 8.56. The fourth-order valence-corrected chi connectivity index (χ4v) is 1.34. The third-order valence-electron chi connectivity index (χ3n) is 2.68. The second kappa shape index (κ2) is 10.9. The van der Waals surface area contributed by atoms with Crippen LogP contribution < -0.4 is 4.70 Å². The maximum atomic E-state index is 5.33. The van der Waals surface area contributed by atoms with Crippen molar-refractivity contribution in [2.24, 2.45) is 0 Å².